The van der Waals surface area contributed by atoms with Crippen molar-refractivity contribution in [2.45, 2.75) is 5.37 Å². The fourth-order valence-corrected chi connectivity index (χ4v) is 1.45. The van der Waals surface area contributed by atoms with Crippen LogP contribution in [-0.2, 0) is 0 Å². The molecule has 3 N–H and O–H groups in total. The number of aliphatic imine (C=N–C) groups is 1. The molecule has 0 aromatic heterocycles. The van der Waals surface area contributed by atoms with Crippen molar-refractivity contribution in [2.75, 3.05) is 6.54 Å². The Morgan fingerprint density at radius 3 is 3.18 bits per heavy atom. The molecule has 1 heterocycles. The van der Waals surface area contributed by atoms with Gasteiger partial charge in [0.1, 0.15) is 0 Å². The first-order valence-electron chi connectivity index (χ1n) is 3.33. The van der Waals surface area contributed by atoms with Gasteiger partial charge in [-0.15, -0.1) is 0 Å². The summed E-state index contributed by atoms with van der Waals surface area (Å²) in [5, 5.41) is 4.09. The van der Waals surface area contributed by atoms with Crippen molar-refractivity contribution in [3.63, 3.8) is 0 Å². The molecule has 11 heavy (non-hydrogen) atoms. The van der Waals surface area contributed by atoms with E-state index in [0.29, 0.717) is 10.5 Å². The number of thioether (sulfide) groups is 1. The predicted octanol–water partition coefficient (Wildman–Crippen LogP) is 0.663. The summed E-state index contributed by atoms with van der Waals surface area (Å²) in [6, 6.07) is 0. The Balaban J connectivity index is 2.21. The lowest BCUT2D eigenvalue weighted by atomic mass is 10.5. The first-order chi connectivity index (χ1) is 5.33. The van der Waals surface area contributed by atoms with E-state index in [2.05, 4.69) is 16.9 Å². The number of nitrogens with one attached hydrogen (secondary N) is 1. The minimum Gasteiger partial charge on any atom is -0.378 e. The van der Waals surface area contributed by atoms with Crippen LogP contribution in [0.15, 0.2) is 29.9 Å². The van der Waals surface area contributed by atoms with E-state index in [-0.39, 0.29) is 0 Å². The maximum Gasteiger partial charge on any atom is 0.156 e. The van der Waals surface area contributed by atoms with E-state index < -0.39 is 0 Å². The van der Waals surface area contributed by atoms with Gasteiger partial charge in [-0.25, -0.2) is 0 Å². The van der Waals surface area contributed by atoms with Crippen molar-refractivity contribution >= 4 is 16.9 Å². The maximum absolute atomic E-state index is 5.46. The number of rotatable bonds is 3. The molecule has 0 aromatic rings. The molecule has 0 amide bonds. The topological polar surface area (TPSA) is 50.4 Å². The molecule has 0 spiro atoms. The number of amidine groups is 1. The highest BCUT2D eigenvalue weighted by Crippen LogP contribution is 2.14. The molecule has 0 aliphatic carbocycles. The van der Waals surface area contributed by atoms with Gasteiger partial charge in [-0.2, -0.15) is 0 Å². The van der Waals surface area contributed by atoms with Crippen LogP contribution in [0.5, 0.6) is 0 Å². The van der Waals surface area contributed by atoms with Gasteiger partial charge in [-0.05, 0) is 12.3 Å². The van der Waals surface area contributed by atoms with Gasteiger partial charge in [-0.3, -0.25) is 4.99 Å². The van der Waals surface area contributed by atoms with Gasteiger partial charge >= 0.3 is 0 Å². The van der Waals surface area contributed by atoms with Gasteiger partial charge in [0.2, 0.25) is 0 Å². The number of hydrogen-bond donors (Lipinski definition) is 2. The molecule has 0 fully saturated rings. The highest BCUT2D eigenvalue weighted by atomic mass is 32.2. The van der Waals surface area contributed by atoms with Gasteiger partial charge in [0, 0.05) is 0 Å². The average molecular weight is 169 g/mol. The van der Waals surface area contributed by atoms with E-state index >= 15 is 0 Å². The normalized spacial score (nSPS) is 23.6. The number of allylic oxidation sites excluding steroid dienone is 2. The van der Waals surface area contributed by atoms with Gasteiger partial charge in [0.15, 0.2) is 5.17 Å². The summed E-state index contributed by atoms with van der Waals surface area (Å²) in [7, 11) is 0. The minimum absolute atomic E-state index is 0.297. The van der Waals surface area contributed by atoms with E-state index in [1.165, 1.54) is 0 Å². The summed E-state index contributed by atoms with van der Waals surface area (Å²) in [5.41, 5.74) is 5.46. The Labute approximate surface area is 70.5 Å². The molecule has 0 radical (unpaired) electrons. The third-order valence-corrected chi connectivity index (χ3v) is 2.13. The van der Waals surface area contributed by atoms with Gasteiger partial charge < -0.3 is 11.1 Å². The van der Waals surface area contributed by atoms with Gasteiger partial charge in [0.05, 0.1) is 11.9 Å². The lowest BCUT2D eigenvalue weighted by Crippen LogP contribution is -2.21. The van der Waals surface area contributed by atoms with Crippen LogP contribution in [-0.4, -0.2) is 17.1 Å². The highest BCUT2D eigenvalue weighted by Gasteiger charge is 2.14. The average Bonchev–Trinajstić information content (AvgIpc) is 2.37. The van der Waals surface area contributed by atoms with E-state index in [1.807, 2.05) is 12.3 Å². The first kappa shape index (κ1) is 8.20. The van der Waals surface area contributed by atoms with Crippen molar-refractivity contribution in [3.05, 3.63) is 24.9 Å². The molecule has 4 heteroatoms. The summed E-state index contributed by atoms with van der Waals surface area (Å²) in [6.07, 6.45) is 5.41. The van der Waals surface area contributed by atoms with E-state index in [1.54, 1.807) is 17.8 Å². The van der Waals surface area contributed by atoms with Crippen LogP contribution in [0.2, 0.25) is 0 Å². The molecule has 0 aromatic carbocycles. The molecule has 0 bridgehead atoms. The Bertz CT molecular complexity index is 198. The molecule has 1 rings (SSSR count). The zero-order valence-corrected chi connectivity index (χ0v) is 6.97. The summed E-state index contributed by atoms with van der Waals surface area (Å²) < 4.78 is 0. The summed E-state index contributed by atoms with van der Waals surface area (Å²) in [4.78, 5) is 4.03. The number of nitrogens with two attached hydrogens (primary N) is 1. The smallest absolute Gasteiger partial charge is 0.156 e. The molecule has 0 saturated heterocycles. The SMILES string of the molecule is C=C/C=C\NC1CN=C(N)S1. The molecule has 1 aliphatic rings. The van der Waals surface area contributed by atoms with Crippen molar-refractivity contribution in [3.8, 4) is 0 Å². The molecule has 60 valence electrons. The molecular weight excluding hydrogens is 158 g/mol. The molecule has 1 aliphatic heterocycles. The van der Waals surface area contributed by atoms with Crippen LogP contribution in [0, 0.1) is 0 Å². The largest absolute Gasteiger partial charge is 0.378 e. The maximum atomic E-state index is 5.46. The highest BCUT2D eigenvalue weighted by molar-refractivity contribution is 8.14. The van der Waals surface area contributed by atoms with Crippen molar-refractivity contribution in [1.29, 1.82) is 0 Å². The lowest BCUT2D eigenvalue weighted by Gasteiger charge is -2.05. The third kappa shape index (κ3) is 2.67. The number of nitrogens with zero attached hydrogens (tertiary/aromatic N) is 1. The van der Waals surface area contributed by atoms with Crippen LogP contribution >= 0.6 is 11.8 Å². The molecule has 0 saturated carbocycles. The first-order valence-corrected chi connectivity index (χ1v) is 4.21. The second-order valence-corrected chi connectivity index (χ2v) is 3.27. The minimum atomic E-state index is 0.297. The van der Waals surface area contributed by atoms with Crippen LogP contribution in [0.4, 0.5) is 0 Å². The second kappa shape index (κ2) is 4.08. The fraction of sp³-hybridized carbons (Fsp3) is 0.286. The van der Waals surface area contributed by atoms with Crippen LogP contribution < -0.4 is 11.1 Å². The van der Waals surface area contributed by atoms with Gasteiger partial charge in [-0.1, -0.05) is 24.4 Å². The summed E-state index contributed by atoms with van der Waals surface area (Å²) >= 11 is 1.55. The molecule has 1 unspecified atom stereocenters. The third-order valence-electron chi connectivity index (χ3n) is 1.19. The van der Waals surface area contributed by atoms with E-state index in [0.717, 1.165) is 6.54 Å². The molecule has 3 nitrogen and oxygen atoms in total. The summed E-state index contributed by atoms with van der Waals surface area (Å²) in [5.74, 6) is 0. The predicted molar refractivity (Wildman–Crippen MR) is 50.3 cm³/mol. The van der Waals surface area contributed by atoms with Crippen molar-refractivity contribution < 1.29 is 0 Å². The monoisotopic (exact) mass is 169 g/mol. The van der Waals surface area contributed by atoms with Crippen molar-refractivity contribution in [2.24, 2.45) is 10.7 Å². The summed E-state index contributed by atoms with van der Waals surface area (Å²) in [6.45, 7) is 4.30. The quantitative estimate of drug-likeness (QED) is 0.610. The Morgan fingerprint density at radius 2 is 2.64 bits per heavy atom. The number of hydrogen-bond acceptors (Lipinski definition) is 4. The zero-order chi connectivity index (χ0) is 8.10. The Morgan fingerprint density at radius 1 is 1.82 bits per heavy atom. The molecule has 1 atom stereocenters. The molecular formula is C7H11N3S. The van der Waals surface area contributed by atoms with E-state index in [9.17, 15) is 0 Å². The second-order valence-electron chi connectivity index (χ2n) is 2.05. The fourth-order valence-electron chi connectivity index (χ4n) is 0.711. The van der Waals surface area contributed by atoms with E-state index in [4.69, 9.17) is 5.73 Å². The lowest BCUT2D eigenvalue weighted by molar-refractivity contribution is 0.800. The Hall–Kier alpha value is -0.900. The Kier molecular flexibility index (Phi) is 3.04. The van der Waals surface area contributed by atoms with Crippen LogP contribution in [0.25, 0.3) is 0 Å². The van der Waals surface area contributed by atoms with Gasteiger partial charge in [0.25, 0.3) is 0 Å². The van der Waals surface area contributed by atoms with Crippen LogP contribution in [0.1, 0.15) is 0 Å². The zero-order valence-electron chi connectivity index (χ0n) is 6.16. The standard InChI is InChI=1S/C7H11N3S/c1-2-3-4-9-6-5-10-7(8)11-6/h2-4,6,9H,1,5H2,(H2,8,10)/b4-3-. The van der Waals surface area contributed by atoms with Crippen LogP contribution in [0.3, 0.4) is 0 Å². The van der Waals surface area contributed by atoms with Crippen molar-refractivity contribution in [1.82, 2.24) is 5.32 Å².